The molecule has 1 fully saturated rings. The van der Waals surface area contributed by atoms with Crippen LogP contribution in [0.5, 0.6) is 5.75 Å². The Balaban J connectivity index is 1.62. The van der Waals surface area contributed by atoms with Gasteiger partial charge in [0, 0.05) is 38.3 Å². The lowest BCUT2D eigenvalue weighted by molar-refractivity contribution is -0.144. The minimum Gasteiger partial charge on any atom is -0.479 e. The molecule has 0 saturated carbocycles. The van der Waals surface area contributed by atoms with Gasteiger partial charge in [-0.1, -0.05) is 30.3 Å². The number of benzene rings is 2. The highest BCUT2D eigenvalue weighted by atomic mass is 32.2. The third-order valence-electron chi connectivity index (χ3n) is 4.98. The van der Waals surface area contributed by atoms with E-state index in [1.54, 1.807) is 12.1 Å². The standard InChI is InChI=1S/C21H25FN2O5S/c1-16(21(25)26)29-20-8-7-19(22)13-18(20)14-23-9-11-24(12-10-23)30(27,28)15-17-5-3-2-4-6-17/h2-8,13,16H,9-12,14-15H2,1H3,(H,25,26)/t16-/m0/s1. The molecule has 2 aromatic carbocycles. The molecular weight excluding hydrogens is 411 g/mol. The molecule has 162 valence electrons. The number of nitrogens with zero attached hydrogens (tertiary/aromatic N) is 2. The lowest BCUT2D eigenvalue weighted by Crippen LogP contribution is -2.48. The maximum atomic E-state index is 13.7. The topological polar surface area (TPSA) is 87.2 Å². The van der Waals surface area contributed by atoms with Crippen LogP contribution >= 0.6 is 0 Å². The quantitative estimate of drug-likeness (QED) is 0.684. The Morgan fingerprint density at radius 3 is 2.43 bits per heavy atom. The van der Waals surface area contributed by atoms with Crippen molar-refractivity contribution in [3.63, 3.8) is 0 Å². The molecule has 1 saturated heterocycles. The number of carboxylic acid groups (broad SMARTS) is 1. The maximum Gasteiger partial charge on any atom is 0.344 e. The minimum absolute atomic E-state index is 0.0389. The Labute approximate surface area is 175 Å². The van der Waals surface area contributed by atoms with Crippen LogP contribution in [0.4, 0.5) is 4.39 Å². The Morgan fingerprint density at radius 1 is 1.13 bits per heavy atom. The van der Waals surface area contributed by atoms with E-state index in [0.29, 0.717) is 44.0 Å². The van der Waals surface area contributed by atoms with E-state index in [0.717, 1.165) is 5.56 Å². The molecule has 0 radical (unpaired) electrons. The van der Waals surface area contributed by atoms with Crippen molar-refractivity contribution in [2.75, 3.05) is 26.2 Å². The van der Waals surface area contributed by atoms with Crippen LogP contribution < -0.4 is 4.74 Å². The average Bonchev–Trinajstić information content (AvgIpc) is 2.70. The first kappa shape index (κ1) is 22.2. The molecule has 3 rings (SSSR count). The number of hydrogen-bond donors (Lipinski definition) is 1. The van der Waals surface area contributed by atoms with Crippen molar-refractivity contribution in [2.45, 2.75) is 25.3 Å². The van der Waals surface area contributed by atoms with E-state index >= 15 is 0 Å². The predicted molar refractivity (Wildman–Crippen MR) is 110 cm³/mol. The summed E-state index contributed by atoms with van der Waals surface area (Å²) in [6, 6.07) is 13.0. The van der Waals surface area contributed by atoms with E-state index in [2.05, 4.69) is 0 Å². The number of sulfonamides is 1. The minimum atomic E-state index is -3.42. The highest BCUT2D eigenvalue weighted by molar-refractivity contribution is 7.88. The van der Waals surface area contributed by atoms with Gasteiger partial charge in [-0.25, -0.2) is 17.6 Å². The van der Waals surface area contributed by atoms with Gasteiger partial charge in [-0.15, -0.1) is 0 Å². The predicted octanol–water partition coefficient (Wildman–Crippen LogP) is 2.33. The number of carbonyl (C=O) groups is 1. The van der Waals surface area contributed by atoms with Gasteiger partial charge >= 0.3 is 5.97 Å². The molecule has 30 heavy (non-hydrogen) atoms. The number of hydrogen-bond acceptors (Lipinski definition) is 5. The van der Waals surface area contributed by atoms with Crippen molar-refractivity contribution in [2.24, 2.45) is 0 Å². The first-order chi connectivity index (χ1) is 14.2. The molecule has 1 heterocycles. The van der Waals surface area contributed by atoms with Crippen molar-refractivity contribution in [1.29, 1.82) is 0 Å². The van der Waals surface area contributed by atoms with Crippen molar-refractivity contribution < 1.29 is 27.4 Å². The second kappa shape index (κ2) is 9.55. The fourth-order valence-corrected chi connectivity index (χ4v) is 4.83. The monoisotopic (exact) mass is 436 g/mol. The third kappa shape index (κ3) is 5.78. The lowest BCUT2D eigenvalue weighted by Gasteiger charge is -2.34. The van der Waals surface area contributed by atoms with Gasteiger partial charge in [0.2, 0.25) is 10.0 Å². The van der Waals surface area contributed by atoms with Crippen LogP contribution in [-0.4, -0.2) is 61.0 Å². The molecule has 0 unspecified atom stereocenters. The number of carboxylic acids is 1. The zero-order valence-corrected chi connectivity index (χ0v) is 17.5. The van der Waals surface area contributed by atoms with Gasteiger partial charge in [-0.2, -0.15) is 4.31 Å². The van der Waals surface area contributed by atoms with E-state index in [4.69, 9.17) is 9.84 Å². The molecule has 0 amide bonds. The molecule has 0 aromatic heterocycles. The van der Waals surface area contributed by atoms with Gasteiger partial charge in [-0.05, 0) is 30.7 Å². The van der Waals surface area contributed by atoms with Crippen molar-refractivity contribution in [1.82, 2.24) is 9.21 Å². The molecule has 9 heteroatoms. The number of aliphatic carboxylic acids is 1. The summed E-state index contributed by atoms with van der Waals surface area (Å²) in [5, 5.41) is 9.05. The Hall–Kier alpha value is -2.49. The summed E-state index contributed by atoms with van der Waals surface area (Å²) >= 11 is 0. The van der Waals surface area contributed by atoms with Gasteiger partial charge in [0.05, 0.1) is 5.75 Å². The summed E-state index contributed by atoms with van der Waals surface area (Å²) in [7, 11) is -3.42. The highest BCUT2D eigenvalue weighted by Gasteiger charge is 2.27. The number of rotatable bonds is 8. The van der Waals surface area contributed by atoms with Crippen LogP contribution in [0.15, 0.2) is 48.5 Å². The second-order valence-corrected chi connectivity index (χ2v) is 9.24. The fraction of sp³-hybridized carbons (Fsp3) is 0.381. The molecule has 0 bridgehead atoms. The highest BCUT2D eigenvalue weighted by Crippen LogP contribution is 2.24. The zero-order chi connectivity index (χ0) is 21.7. The maximum absolute atomic E-state index is 13.7. The van der Waals surface area contributed by atoms with Crippen LogP contribution in [0.3, 0.4) is 0 Å². The summed E-state index contributed by atoms with van der Waals surface area (Å²) in [5.74, 6) is -1.28. The van der Waals surface area contributed by atoms with Crippen LogP contribution in [0.2, 0.25) is 0 Å². The van der Waals surface area contributed by atoms with Crippen molar-refractivity contribution in [3.8, 4) is 5.75 Å². The molecule has 0 spiro atoms. The van der Waals surface area contributed by atoms with E-state index in [9.17, 15) is 17.6 Å². The van der Waals surface area contributed by atoms with E-state index in [1.165, 1.54) is 29.4 Å². The second-order valence-electron chi connectivity index (χ2n) is 7.27. The summed E-state index contributed by atoms with van der Waals surface area (Å²) in [5.41, 5.74) is 1.28. The number of piperazine rings is 1. The smallest absolute Gasteiger partial charge is 0.344 e. The van der Waals surface area contributed by atoms with E-state index in [1.807, 2.05) is 23.1 Å². The third-order valence-corrected chi connectivity index (χ3v) is 6.83. The summed E-state index contributed by atoms with van der Waals surface area (Å²) < 4.78 is 46.0. The largest absolute Gasteiger partial charge is 0.479 e. The fourth-order valence-electron chi connectivity index (χ4n) is 3.31. The van der Waals surface area contributed by atoms with Gasteiger partial charge in [-0.3, -0.25) is 4.90 Å². The first-order valence-corrected chi connectivity index (χ1v) is 11.3. The lowest BCUT2D eigenvalue weighted by atomic mass is 10.1. The van der Waals surface area contributed by atoms with Gasteiger partial charge in [0.1, 0.15) is 11.6 Å². The molecule has 1 aliphatic heterocycles. The Bertz CT molecular complexity index is 976. The van der Waals surface area contributed by atoms with Crippen molar-refractivity contribution in [3.05, 3.63) is 65.5 Å². The molecule has 2 aromatic rings. The molecule has 0 aliphatic carbocycles. The number of halogens is 1. The first-order valence-electron chi connectivity index (χ1n) is 9.66. The summed E-state index contributed by atoms with van der Waals surface area (Å²) in [6.07, 6.45) is -1.06. The average molecular weight is 437 g/mol. The van der Waals surface area contributed by atoms with Crippen LogP contribution in [0, 0.1) is 5.82 Å². The molecule has 7 nitrogen and oxygen atoms in total. The molecule has 1 N–H and O–H groups in total. The number of ether oxygens (including phenoxy) is 1. The van der Waals surface area contributed by atoms with E-state index < -0.39 is 27.9 Å². The van der Waals surface area contributed by atoms with Crippen LogP contribution in [-0.2, 0) is 27.1 Å². The van der Waals surface area contributed by atoms with Gasteiger partial charge in [0.25, 0.3) is 0 Å². The molecule has 1 atom stereocenters. The van der Waals surface area contributed by atoms with Crippen LogP contribution in [0.1, 0.15) is 18.1 Å². The Kier molecular flexibility index (Phi) is 7.06. The summed E-state index contributed by atoms with van der Waals surface area (Å²) in [4.78, 5) is 13.1. The van der Waals surface area contributed by atoms with Crippen LogP contribution in [0.25, 0.3) is 0 Å². The Morgan fingerprint density at radius 2 is 1.80 bits per heavy atom. The SMILES string of the molecule is C[C@H](Oc1ccc(F)cc1CN1CCN(S(=O)(=O)Cc2ccccc2)CC1)C(=O)O. The van der Waals surface area contributed by atoms with Gasteiger partial charge in [0.15, 0.2) is 6.10 Å². The van der Waals surface area contributed by atoms with E-state index in [-0.39, 0.29) is 5.75 Å². The van der Waals surface area contributed by atoms with Gasteiger partial charge < -0.3 is 9.84 Å². The zero-order valence-electron chi connectivity index (χ0n) is 16.7. The molecule has 1 aliphatic rings. The summed E-state index contributed by atoms with van der Waals surface area (Å²) in [6.45, 7) is 3.40. The molecular formula is C21H25FN2O5S. The van der Waals surface area contributed by atoms with Crippen molar-refractivity contribution >= 4 is 16.0 Å². The normalized spacial score (nSPS) is 16.9.